The van der Waals surface area contributed by atoms with Crippen LogP contribution in [0.3, 0.4) is 0 Å². The predicted molar refractivity (Wildman–Crippen MR) is 120 cm³/mol. The Kier molecular flexibility index (Phi) is 8.70. The summed E-state index contributed by atoms with van der Waals surface area (Å²) in [6, 6.07) is 6.91. The number of nitrogens with zero attached hydrogens (tertiary/aromatic N) is 1. The first kappa shape index (κ1) is 26.2. The van der Waals surface area contributed by atoms with Crippen LogP contribution in [0.25, 0.3) is 0 Å². The monoisotopic (exact) mass is 479 g/mol. The van der Waals surface area contributed by atoms with Crippen molar-refractivity contribution in [1.29, 1.82) is 5.26 Å². The first-order valence-corrected chi connectivity index (χ1v) is 11.9. The first-order chi connectivity index (χ1) is 16.2. The number of hydrogen-bond acceptors (Lipinski definition) is 2. The molecule has 0 heterocycles. The molecule has 1 unspecified atom stereocenters. The number of rotatable bonds is 9. The van der Waals surface area contributed by atoms with E-state index >= 15 is 0 Å². The van der Waals surface area contributed by atoms with Gasteiger partial charge in [0.05, 0.1) is 11.7 Å². The number of ether oxygens (including phenoxy) is 1. The zero-order chi connectivity index (χ0) is 24.9. The van der Waals surface area contributed by atoms with Crippen molar-refractivity contribution in [3.63, 3.8) is 0 Å². The minimum atomic E-state index is -4.27. The second-order valence-corrected chi connectivity index (χ2v) is 9.20. The van der Waals surface area contributed by atoms with E-state index in [2.05, 4.69) is 11.7 Å². The van der Waals surface area contributed by atoms with Crippen molar-refractivity contribution >= 4 is 0 Å². The van der Waals surface area contributed by atoms with E-state index in [4.69, 9.17) is 5.26 Å². The van der Waals surface area contributed by atoms with Gasteiger partial charge >= 0.3 is 6.11 Å². The first-order valence-electron chi connectivity index (χ1n) is 11.9. The molecule has 0 saturated heterocycles. The maximum atomic E-state index is 14.8. The highest BCUT2D eigenvalue weighted by atomic mass is 19.3. The van der Waals surface area contributed by atoms with Gasteiger partial charge in [0.1, 0.15) is 29.1 Å². The average molecular weight is 480 g/mol. The van der Waals surface area contributed by atoms with Gasteiger partial charge in [0, 0.05) is 0 Å². The van der Waals surface area contributed by atoms with Crippen LogP contribution < -0.4 is 0 Å². The van der Waals surface area contributed by atoms with Gasteiger partial charge in [-0.05, 0) is 79.8 Å². The Labute approximate surface area is 197 Å². The highest BCUT2D eigenvalue weighted by Gasteiger charge is 2.42. The van der Waals surface area contributed by atoms with Gasteiger partial charge in [-0.25, -0.2) is 13.2 Å². The Balaban J connectivity index is 1.71. The number of hydrogen-bond donors (Lipinski definition) is 0. The number of nitriles is 1. The summed E-state index contributed by atoms with van der Waals surface area (Å²) >= 11 is 0. The Hall–Kier alpha value is -2.46. The van der Waals surface area contributed by atoms with Gasteiger partial charge < -0.3 is 4.74 Å². The number of unbranched alkanes of at least 4 members (excludes halogenated alkanes) is 2. The fourth-order valence-corrected chi connectivity index (χ4v) is 4.80. The van der Waals surface area contributed by atoms with Gasteiger partial charge in [-0.2, -0.15) is 14.0 Å². The van der Waals surface area contributed by atoms with Gasteiger partial charge in [0.2, 0.25) is 0 Å². The molecule has 0 spiro atoms. The molecule has 0 amide bonds. The number of halogens is 5. The lowest BCUT2D eigenvalue weighted by Crippen LogP contribution is -2.24. The molecule has 1 fully saturated rings. The van der Waals surface area contributed by atoms with Crippen LogP contribution in [0, 0.1) is 34.7 Å². The van der Waals surface area contributed by atoms with Crippen molar-refractivity contribution in [2.24, 2.45) is 5.92 Å². The van der Waals surface area contributed by atoms with Gasteiger partial charge in [0.25, 0.3) is 0 Å². The van der Waals surface area contributed by atoms with E-state index in [1.807, 2.05) is 0 Å². The quantitative estimate of drug-likeness (QED) is 0.266. The van der Waals surface area contributed by atoms with E-state index in [0.717, 1.165) is 62.8 Å². The molecule has 3 rings (SSSR count). The summed E-state index contributed by atoms with van der Waals surface area (Å²) in [6.45, 7) is 3.38. The molecule has 2 aromatic rings. The molecular formula is C27H30F5NO. The van der Waals surface area contributed by atoms with Gasteiger partial charge in [-0.1, -0.05) is 38.7 Å². The molecule has 1 aliphatic rings. The zero-order valence-corrected chi connectivity index (χ0v) is 19.5. The Bertz CT molecular complexity index is 1000. The van der Waals surface area contributed by atoms with Crippen LogP contribution in [-0.2, 0) is 10.8 Å². The van der Waals surface area contributed by atoms with Crippen molar-refractivity contribution in [2.75, 3.05) is 0 Å². The summed E-state index contributed by atoms with van der Waals surface area (Å²) in [6.07, 6.45) is 2.57. The molecule has 2 nitrogen and oxygen atoms in total. The van der Waals surface area contributed by atoms with Crippen LogP contribution in [0.5, 0.6) is 0 Å². The fourth-order valence-electron chi connectivity index (χ4n) is 4.80. The van der Waals surface area contributed by atoms with Gasteiger partial charge in [0.15, 0.2) is 0 Å². The summed E-state index contributed by atoms with van der Waals surface area (Å²) in [5, 5.41) is 8.79. The van der Waals surface area contributed by atoms with Gasteiger partial charge in [-0.15, -0.1) is 0 Å². The summed E-state index contributed by atoms with van der Waals surface area (Å²) in [5.74, 6) is -3.05. The molecule has 0 N–H and O–H groups in total. The largest absolute Gasteiger partial charge is 0.389 e. The molecular weight excluding hydrogens is 449 g/mol. The van der Waals surface area contributed by atoms with Crippen molar-refractivity contribution in [3.05, 3.63) is 70.0 Å². The van der Waals surface area contributed by atoms with Crippen molar-refractivity contribution < 1.29 is 26.7 Å². The molecule has 2 aromatic carbocycles. The third-order valence-electron chi connectivity index (χ3n) is 6.80. The summed E-state index contributed by atoms with van der Waals surface area (Å²) in [4.78, 5) is 0. The second kappa shape index (κ2) is 11.3. The highest BCUT2D eigenvalue weighted by Crippen LogP contribution is 2.42. The molecule has 1 aliphatic carbocycles. The molecule has 1 atom stereocenters. The number of alkyl halides is 2. The lowest BCUT2D eigenvalue weighted by atomic mass is 9.77. The summed E-state index contributed by atoms with van der Waals surface area (Å²) < 4.78 is 77.6. The Morgan fingerprint density at radius 3 is 2.21 bits per heavy atom. The molecule has 0 aliphatic heterocycles. The normalized spacial score (nSPS) is 19.6. The third-order valence-corrected chi connectivity index (χ3v) is 6.80. The maximum absolute atomic E-state index is 14.8. The lowest BCUT2D eigenvalue weighted by Gasteiger charge is -2.29. The van der Waals surface area contributed by atoms with E-state index in [9.17, 15) is 22.0 Å². The Morgan fingerprint density at radius 2 is 1.65 bits per heavy atom. The van der Waals surface area contributed by atoms with Crippen molar-refractivity contribution in [3.8, 4) is 6.07 Å². The molecule has 184 valence electrons. The van der Waals surface area contributed by atoms with Crippen LogP contribution in [0.15, 0.2) is 30.3 Å². The summed E-state index contributed by atoms with van der Waals surface area (Å²) in [5.41, 5.74) is -1.29. The van der Waals surface area contributed by atoms with Gasteiger partial charge in [-0.3, -0.25) is 0 Å². The smallest absolute Gasteiger partial charge is 0.309 e. The van der Waals surface area contributed by atoms with Crippen molar-refractivity contribution in [1.82, 2.24) is 0 Å². The third kappa shape index (κ3) is 6.15. The molecule has 0 aromatic heterocycles. The molecule has 0 bridgehead atoms. The molecule has 34 heavy (non-hydrogen) atoms. The molecule has 7 heteroatoms. The second-order valence-electron chi connectivity index (χ2n) is 9.20. The zero-order valence-electron chi connectivity index (χ0n) is 19.5. The van der Waals surface area contributed by atoms with E-state index in [0.29, 0.717) is 11.5 Å². The lowest BCUT2D eigenvalue weighted by molar-refractivity contribution is -0.275. The minimum Gasteiger partial charge on any atom is -0.309 e. The minimum absolute atomic E-state index is 0.0179. The maximum Gasteiger partial charge on any atom is 0.389 e. The highest BCUT2D eigenvalue weighted by molar-refractivity contribution is 5.34. The van der Waals surface area contributed by atoms with E-state index in [-0.39, 0.29) is 17.0 Å². The average Bonchev–Trinajstić information content (AvgIpc) is 2.78. The van der Waals surface area contributed by atoms with Crippen LogP contribution >= 0.6 is 0 Å². The topological polar surface area (TPSA) is 33.0 Å². The molecule has 0 radical (unpaired) electrons. The summed E-state index contributed by atoms with van der Waals surface area (Å²) in [7, 11) is 0. The predicted octanol–water partition coefficient (Wildman–Crippen LogP) is 8.66. The van der Waals surface area contributed by atoms with Crippen LogP contribution in [0.2, 0.25) is 0 Å². The SMILES string of the molecule is CCCCCC1CCC(c2cc(F)c(C(F)(F)OC(C)c3ccc(C#N)c(F)c3)c(F)c2)CC1. The van der Waals surface area contributed by atoms with E-state index in [1.54, 1.807) is 6.07 Å². The molecule has 1 saturated carbocycles. The van der Waals surface area contributed by atoms with E-state index in [1.165, 1.54) is 25.8 Å². The number of benzene rings is 2. The van der Waals surface area contributed by atoms with Crippen molar-refractivity contribution in [2.45, 2.75) is 83.3 Å². The Morgan fingerprint density at radius 1 is 1.00 bits per heavy atom. The van der Waals surface area contributed by atoms with E-state index < -0.39 is 35.2 Å². The fraction of sp³-hybridized carbons (Fsp3) is 0.519. The standard InChI is InChI=1S/C27H30F5NO/c1-3-4-5-6-18-7-9-19(10-8-18)22-14-24(29)26(25(30)15-22)27(31,32)34-17(2)20-11-12-21(16-33)23(28)13-20/h11-15,17-19H,3-10H2,1-2H3. The van der Waals surface area contributed by atoms with Crippen LogP contribution in [-0.4, -0.2) is 0 Å². The van der Waals surface area contributed by atoms with Crippen LogP contribution in [0.1, 0.15) is 99.5 Å². The van der Waals surface area contributed by atoms with Crippen LogP contribution in [0.4, 0.5) is 22.0 Å².